The SMILES string of the molecule is O=C(C=Cc1ccccc1-c1cc(Nc2ccccc2)c2ccccc2n1)c1ccccc1. The van der Waals surface area contributed by atoms with Crippen LogP contribution >= 0.6 is 0 Å². The summed E-state index contributed by atoms with van der Waals surface area (Å²) >= 11 is 0. The molecule has 0 bridgehead atoms. The zero-order chi connectivity index (χ0) is 22.5. The van der Waals surface area contributed by atoms with Crippen LogP contribution < -0.4 is 5.32 Å². The molecule has 1 heterocycles. The molecule has 3 nitrogen and oxygen atoms in total. The monoisotopic (exact) mass is 426 g/mol. The Hall–Kier alpha value is -4.50. The highest BCUT2D eigenvalue weighted by molar-refractivity contribution is 6.07. The van der Waals surface area contributed by atoms with Crippen molar-refractivity contribution < 1.29 is 4.79 Å². The van der Waals surface area contributed by atoms with Gasteiger partial charge in [0.2, 0.25) is 0 Å². The molecule has 0 spiro atoms. The minimum absolute atomic E-state index is 0.0247. The third-order valence-corrected chi connectivity index (χ3v) is 5.48. The van der Waals surface area contributed by atoms with Crippen molar-refractivity contribution in [2.75, 3.05) is 5.32 Å². The van der Waals surface area contributed by atoms with Crippen LogP contribution in [0.2, 0.25) is 0 Å². The lowest BCUT2D eigenvalue weighted by Gasteiger charge is -2.13. The van der Waals surface area contributed by atoms with E-state index in [0.717, 1.165) is 39.1 Å². The first kappa shape index (κ1) is 20.4. The summed E-state index contributed by atoms with van der Waals surface area (Å²) in [5.74, 6) is -0.0247. The molecule has 0 radical (unpaired) electrons. The van der Waals surface area contributed by atoms with Gasteiger partial charge < -0.3 is 5.32 Å². The number of nitrogens with one attached hydrogen (secondary N) is 1. The highest BCUT2D eigenvalue weighted by atomic mass is 16.1. The highest BCUT2D eigenvalue weighted by Crippen LogP contribution is 2.32. The van der Waals surface area contributed by atoms with E-state index in [-0.39, 0.29) is 5.78 Å². The van der Waals surface area contributed by atoms with Crippen LogP contribution in [0, 0.1) is 0 Å². The number of carbonyl (C=O) groups excluding carboxylic acids is 1. The lowest BCUT2D eigenvalue weighted by atomic mass is 10.0. The quantitative estimate of drug-likeness (QED) is 0.225. The number of nitrogens with zero attached hydrogens (tertiary/aromatic N) is 1. The normalized spacial score (nSPS) is 11.0. The summed E-state index contributed by atoms with van der Waals surface area (Å²) in [4.78, 5) is 17.5. The van der Waals surface area contributed by atoms with Crippen molar-refractivity contribution in [2.24, 2.45) is 0 Å². The Labute approximate surface area is 193 Å². The van der Waals surface area contributed by atoms with Gasteiger partial charge in [-0.3, -0.25) is 4.79 Å². The van der Waals surface area contributed by atoms with E-state index in [0.29, 0.717) is 5.56 Å². The number of hydrogen-bond acceptors (Lipinski definition) is 3. The molecule has 4 aromatic carbocycles. The number of rotatable bonds is 6. The van der Waals surface area contributed by atoms with Gasteiger partial charge in [-0.15, -0.1) is 0 Å². The minimum atomic E-state index is -0.0247. The fraction of sp³-hybridized carbons (Fsp3) is 0. The predicted octanol–water partition coefficient (Wildman–Crippen LogP) is 7.54. The molecule has 5 rings (SSSR count). The summed E-state index contributed by atoms with van der Waals surface area (Å²) in [5, 5.41) is 4.59. The van der Waals surface area contributed by atoms with E-state index in [9.17, 15) is 4.79 Å². The molecule has 5 aromatic rings. The summed E-state index contributed by atoms with van der Waals surface area (Å²) in [5.41, 5.74) is 6.34. The van der Waals surface area contributed by atoms with Crippen molar-refractivity contribution >= 4 is 34.1 Å². The zero-order valence-corrected chi connectivity index (χ0v) is 18.0. The largest absolute Gasteiger partial charge is 0.355 e. The lowest BCUT2D eigenvalue weighted by Crippen LogP contribution is -1.96. The molecule has 0 amide bonds. The van der Waals surface area contributed by atoms with E-state index < -0.39 is 0 Å². The van der Waals surface area contributed by atoms with Gasteiger partial charge in [0, 0.05) is 22.2 Å². The molecule has 1 aromatic heterocycles. The number of anilines is 2. The molecular weight excluding hydrogens is 404 g/mol. The molecule has 0 unspecified atom stereocenters. The number of ketones is 1. The van der Waals surface area contributed by atoms with Crippen LogP contribution in [0.1, 0.15) is 15.9 Å². The zero-order valence-electron chi connectivity index (χ0n) is 18.0. The first-order chi connectivity index (χ1) is 16.3. The summed E-state index contributed by atoms with van der Waals surface area (Å²) < 4.78 is 0. The number of hydrogen-bond donors (Lipinski definition) is 1. The van der Waals surface area contributed by atoms with Crippen LogP contribution in [0.4, 0.5) is 11.4 Å². The molecule has 0 aliphatic heterocycles. The number of pyridine rings is 1. The smallest absolute Gasteiger partial charge is 0.185 e. The van der Waals surface area contributed by atoms with Crippen molar-refractivity contribution in [2.45, 2.75) is 0 Å². The molecular formula is C30H22N2O. The second-order valence-corrected chi connectivity index (χ2v) is 7.71. The third-order valence-electron chi connectivity index (χ3n) is 5.48. The van der Waals surface area contributed by atoms with Crippen LogP contribution in [0.3, 0.4) is 0 Å². The average Bonchev–Trinajstić information content (AvgIpc) is 2.88. The van der Waals surface area contributed by atoms with E-state index in [2.05, 4.69) is 17.4 Å². The Morgan fingerprint density at radius 3 is 2.21 bits per heavy atom. The van der Waals surface area contributed by atoms with Gasteiger partial charge in [0.05, 0.1) is 16.9 Å². The number of aromatic nitrogens is 1. The van der Waals surface area contributed by atoms with Crippen LogP contribution in [-0.2, 0) is 0 Å². The van der Waals surface area contributed by atoms with Crippen LogP contribution in [0.25, 0.3) is 28.2 Å². The van der Waals surface area contributed by atoms with Crippen LogP contribution in [0.5, 0.6) is 0 Å². The number of fused-ring (bicyclic) bond motifs is 1. The number of benzene rings is 4. The molecule has 0 fully saturated rings. The van der Waals surface area contributed by atoms with Crippen molar-refractivity contribution in [3.8, 4) is 11.3 Å². The molecule has 0 saturated carbocycles. The van der Waals surface area contributed by atoms with Crippen LogP contribution in [0.15, 0.2) is 121 Å². The van der Waals surface area contributed by atoms with Gasteiger partial charge in [0.25, 0.3) is 0 Å². The fourth-order valence-corrected chi connectivity index (χ4v) is 3.83. The topological polar surface area (TPSA) is 42.0 Å². The van der Waals surface area contributed by atoms with Crippen molar-refractivity contribution in [3.05, 3.63) is 132 Å². The fourth-order valence-electron chi connectivity index (χ4n) is 3.83. The van der Waals surface area contributed by atoms with Gasteiger partial charge in [-0.05, 0) is 35.9 Å². The number of allylic oxidation sites excluding steroid dienone is 1. The summed E-state index contributed by atoms with van der Waals surface area (Å²) in [6.07, 6.45) is 3.49. The molecule has 0 atom stereocenters. The van der Waals surface area contributed by atoms with E-state index in [1.165, 1.54) is 0 Å². The van der Waals surface area contributed by atoms with E-state index in [4.69, 9.17) is 4.98 Å². The standard InChI is InChI=1S/C30H22N2O/c33-30(23-12-3-1-4-13-23)20-19-22-11-7-8-16-25(22)28-21-29(31-24-14-5-2-6-15-24)26-17-9-10-18-27(26)32-28/h1-21H,(H,31,32). The maximum Gasteiger partial charge on any atom is 0.185 e. The molecule has 158 valence electrons. The number of carbonyl (C=O) groups is 1. The summed E-state index contributed by atoms with van der Waals surface area (Å²) in [6, 6.07) is 37.6. The minimum Gasteiger partial charge on any atom is -0.355 e. The highest BCUT2D eigenvalue weighted by Gasteiger charge is 2.10. The van der Waals surface area contributed by atoms with Crippen molar-refractivity contribution in [1.82, 2.24) is 4.98 Å². The van der Waals surface area contributed by atoms with E-state index in [1.54, 1.807) is 6.08 Å². The van der Waals surface area contributed by atoms with Crippen molar-refractivity contribution in [1.29, 1.82) is 0 Å². The Balaban J connectivity index is 1.56. The molecule has 0 aliphatic carbocycles. The molecule has 1 N–H and O–H groups in total. The number of para-hydroxylation sites is 2. The van der Waals surface area contributed by atoms with E-state index in [1.807, 2.05) is 109 Å². The summed E-state index contributed by atoms with van der Waals surface area (Å²) in [7, 11) is 0. The van der Waals surface area contributed by atoms with Gasteiger partial charge in [0.1, 0.15) is 0 Å². The predicted molar refractivity (Wildman–Crippen MR) is 137 cm³/mol. The molecule has 33 heavy (non-hydrogen) atoms. The Kier molecular flexibility index (Phi) is 5.77. The molecule has 3 heteroatoms. The Bertz CT molecular complexity index is 1440. The van der Waals surface area contributed by atoms with Gasteiger partial charge in [0.15, 0.2) is 5.78 Å². The van der Waals surface area contributed by atoms with Gasteiger partial charge in [-0.1, -0.05) is 97.1 Å². The van der Waals surface area contributed by atoms with Gasteiger partial charge in [-0.2, -0.15) is 0 Å². The maximum absolute atomic E-state index is 12.6. The average molecular weight is 427 g/mol. The summed E-state index contributed by atoms with van der Waals surface area (Å²) in [6.45, 7) is 0. The maximum atomic E-state index is 12.6. The third kappa shape index (κ3) is 4.58. The van der Waals surface area contributed by atoms with Crippen molar-refractivity contribution in [3.63, 3.8) is 0 Å². The Morgan fingerprint density at radius 1 is 0.727 bits per heavy atom. The molecule has 0 aliphatic rings. The van der Waals surface area contributed by atoms with Gasteiger partial charge >= 0.3 is 0 Å². The lowest BCUT2D eigenvalue weighted by molar-refractivity contribution is 0.104. The van der Waals surface area contributed by atoms with Gasteiger partial charge in [-0.25, -0.2) is 4.98 Å². The second kappa shape index (κ2) is 9.33. The first-order valence-corrected chi connectivity index (χ1v) is 10.9. The first-order valence-electron chi connectivity index (χ1n) is 10.9. The molecule has 0 saturated heterocycles. The second-order valence-electron chi connectivity index (χ2n) is 7.71. The van der Waals surface area contributed by atoms with Crippen LogP contribution in [-0.4, -0.2) is 10.8 Å². The van der Waals surface area contributed by atoms with E-state index >= 15 is 0 Å². The Morgan fingerprint density at radius 2 is 1.39 bits per heavy atom.